The lowest BCUT2D eigenvalue weighted by molar-refractivity contribution is 0.301. The van der Waals surface area contributed by atoms with Crippen LogP contribution < -0.4 is 5.43 Å². The van der Waals surface area contributed by atoms with Gasteiger partial charge in [-0.3, -0.25) is 15.0 Å². The molecule has 4 nitrogen and oxygen atoms in total. The second kappa shape index (κ2) is 12.7. The van der Waals surface area contributed by atoms with Crippen molar-refractivity contribution in [3.05, 3.63) is 95.6 Å². The van der Waals surface area contributed by atoms with Crippen molar-refractivity contribution in [1.82, 2.24) is 15.4 Å². The Morgan fingerprint density at radius 1 is 1.19 bits per heavy atom. The maximum atomic E-state index is 4.64. The molecule has 31 heavy (non-hydrogen) atoms. The molecule has 0 fully saturated rings. The minimum atomic E-state index is 0.411. The molecule has 164 valence electrons. The molecule has 0 radical (unpaired) electrons. The third kappa shape index (κ3) is 7.65. The quantitative estimate of drug-likeness (QED) is 0.347. The first-order valence-electron chi connectivity index (χ1n) is 11.0. The third-order valence-electron chi connectivity index (χ3n) is 5.25. The normalized spacial score (nSPS) is 13.5. The van der Waals surface area contributed by atoms with E-state index in [1.807, 2.05) is 19.3 Å². The Morgan fingerprint density at radius 3 is 2.55 bits per heavy atom. The summed E-state index contributed by atoms with van der Waals surface area (Å²) in [4.78, 5) is 8.99. The van der Waals surface area contributed by atoms with Crippen LogP contribution in [0.25, 0.3) is 5.70 Å². The minimum absolute atomic E-state index is 0.411. The van der Waals surface area contributed by atoms with E-state index in [0.717, 1.165) is 36.2 Å². The van der Waals surface area contributed by atoms with Crippen LogP contribution in [0.5, 0.6) is 0 Å². The summed E-state index contributed by atoms with van der Waals surface area (Å²) in [5.41, 5.74) is 10.3. The predicted octanol–water partition coefficient (Wildman–Crippen LogP) is 6.25. The largest absolute Gasteiger partial charge is 0.286 e. The average Bonchev–Trinajstić information content (AvgIpc) is 2.77. The fourth-order valence-corrected chi connectivity index (χ4v) is 3.29. The summed E-state index contributed by atoms with van der Waals surface area (Å²) in [6.45, 7) is 15.3. The highest BCUT2D eigenvalue weighted by atomic mass is 15.5. The van der Waals surface area contributed by atoms with E-state index in [-0.39, 0.29) is 0 Å². The summed E-state index contributed by atoms with van der Waals surface area (Å²) >= 11 is 0. The van der Waals surface area contributed by atoms with Crippen molar-refractivity contribution in [2.75, 3.05) is 6.54 Å². The molecule has 0 spiro atoms. The molecule has 0 aliphatic rings. The molecule has 0 aliphatic carbocycles. The van der Waals surface area contributed by atoms with Crippen molar-refractivity contribution in [3.8, 4) is 0 Å². The summed E-state index contributed by atoms with van der Waals surface area (Å²) in [6.07, 6.45) is 13.4. The molecule has 0 bridgehead atoms. The van der Waals surface area contributed by atoms with Crippen LogP contribution in [-0.2, 0) is 6.42 Å². The lowest BCUT2D eigenvalue weighted by Gasteiger charge is -2.29. The highest BCUT2D eigenvalue weighted by Gasteiger charge is 2.14. The zero-order chi connectivity index (χ0) is 22.6. The Balaban J connectivity index is 2.34. The zero-order valence-corrected chi connectivity index (χ0v) is 19.6. The lowest BCUT2D eigenvalue weighted by Crippen LogP contribution is -2.36. The van der Waals surface area contributed by atoms with E-state index in [1.165, 1.54) is 16.8 Å². The Hall–Kier alpha value is -2.98. The molecule has 1 aromatic carbocycles. The van der Waals surface area contributed by atoms with Gasteiger partial charge in [0.15, 0.2) is 0 Å². The second-order valence-corrected chi connectivity index (χ2v) is 7.82. The molecule has 0 amide bonds. The molecule has 2 rings (SSSR count). The predicted molar refractivity (Wildman–Crippen MR) is 134 cm³/mol. The van der Waals surface area contributed by atoms with Crippen LogP contribution in [-0.4, -0.2) is 22.8 Å². The number of nitrogens with zero attached hydrogens (tertiary/aromatic N) is 3. The highest BCUT2D eigenvalue weighted by Crippen LogP contribution is 2.22. The monoisotopic (exact) mass is 416 g/mol. The number of allylic oxidation sites excluding steroid dienone is 3. The SMILES string of the molecule is C=C/C=N\C(=C/N(NCCc1ccc(C)cc1)/C(=C\C)C(C)CC)c1cncc(C)c1. The van der Waals surface area contributed by atoms with Crippen LogP contribution in [0.4, 0.5) is 0 Å². The van der Waals surface area contributed by atoms with Gasteiger partial charge in [-0.2, -0.15) is 0 Å². The van der Waals surface area contributed by atoms with E-state index >= 15 is 0 Å². The lowest BCUT2D eigenvalue weighted by atomic mass is 10.0. The molecule has 1 atom stereocenters. The van der Waals surface area contributed by atoms with Crippen molar-refractivity contribution in [2.45, 2.75) is 47.5 Å². The van der Waals surface area contributed by atoms with Gasteiger partial charge in [0.1, 0.15) is 0 Å². The van der Waals surface area contributed by atoms with Gasteiger partial charge in [-0.05, 0) is 56.7 Å². The molecule has 2 aromatic rings. The molecule has 1 N–H and O–H groups in total. The van der Waals surface area contributed by atoms with Gasteiger partial charge in [-0.1, -0.05) is 62.4 Å². The smallest absolute Gasteiger partial charge is 0.0895 e. The number of hydrogen-bond acceptors (Lipinski definition) is 4. The first-order chi connectivity index (χ1) is 15.0. The van der Waals surface area contributed by atoms with Crippen molar-refractivity contribution in [2.24, 2.45) is 10.9 Å². The van der Waals surface area contributed by atoms with E-state index in [2.05, 4.69) is 97.3 Å². The number of hydrogen-bond donors (Lipinski definition) is 1. The van der Waals surface area contributed by atoms with E-state index in [9.17, 15) is 0 Å². The van der Waals surface area contributed by atoms with Gasteiger partial charge >= 0.3 is 0 Å². The molecule has 0 saturated heterocycles. The standard InChI is InChI=1S/C27H36N4/c1-7-15-29-26(25-17-22(5)18-28-19-25)20-31(27(9-3)23(6)8-2)30-16-14-24-12-10-21(4)11-13-24/h7,9-13,15,17-20,23,30H,1,8,14,16H2,2-6H3/b26-20-,27-9-,29-15-. The molecule has 4 heteroatoms. The van der Waals surface area contributed by atoms with Gasteiger partial charge in [-0.25, -0.2) is 5.43 Å². The van der Waals surface area contributed by atoms with E-state index < -0.39 is 0 Å². The molecule has 1 aromatic heterocycles. The fourth-order valence-electron chi connectivity index (χ4n) is 3.29. The Labute approximate surface area is 188 Å². The van der Waals surface area contributed by atoms with Gasteiger partial charge in [0.05, 0.1) is 5.70 Å². The number of hydrazine groups is 1. The molecular weight excluding hydrogens is 380 g/mol. The highest BCUT2D eigenvalue weighted by molar-refractivity contribution is 5.79. The molecule has 1 unspecified atom stereocenters. The number of pyridine rings is 1. The van der Waals surface area contributed by atoms with E-state index in [0.29, 0.717) is 5.92 Å². The van der Waals surface area contributed by atoms with Gasteiger partial charge < -0.3 is 0 Å². The second-order valence-electron chi connectivity index (χ2n) is 7.82. The topological polar surface area (TPSA) is 40.5 Å². The third-order valence-corrected chi connectivity index (χ3v) is 5.25. The number of benzene rings is 1. The number of aromatic nitrogens is 1. The zero-order valence-electron chi connectivity index (χ0n) is 19.6. The summed E-state index contributed by atoms with van der Waals surface area (Å²) in [6, 6.07) is 10.8. The molecule has 1 heterocycles. The van der Waals surface area contributed by atoms with Crippen LogP contribution in [0, 0.1) is 19.8 Å². The molecule has 0 aliphatic heterocycles. The van der Waals surface area contributed by atoms with Gasteiger partial charge in [0.25, 0.3) is 0 Å². The maximum absolute atomic E-state index is 4.64. The van der Waals surface area contributed by atoms with Crippen LogP contribution in [0.1, 0.15) is 49.4 Å². The first kappa shape index (κ1) is 24.3. The number of aliphatic imine (C=N–C) groups is 1. The fraction of sp³-hybridized carbons (Fsp3) is 0.333. The van der Waals surface area contributed by atoms with Gasteiger partial charge in [0, 0.05) is 42.6 Å². The van der Waals surface area contributed by atoms with Gasteiger partial charge in [-0.15, -0.1) is 0 Å². The Kier molecular flexibility index (Phi) is 9.92. The number of aryl methyl sites for hydroxylation is 2. The van der Waals surface area contributed by atoms with Crippen LogP contribution in [0.2, 0.25) is 0 Å². The van der Waals surface area contributed by atoms with Crippen molar-refractivity contribution in [1.29, 1.82) is 0 Å². The van der Waals surface area contributed by atoms with Crippen molar-refractivity contribution >= 4 is 11.9 Å². The summed E-state index contributed by atoms with van der Waals surface area (Å²) in [7, 11) is 0. The van der Waals surface area contributed by atoms with Crippen LogP contribution in [0.15, 0.2) is 78.3 Å². The van der Waals surface area contributed by atoms with Gasteiger partial charge in [0.2, 0.25) is 0 Å². The number of nitrogens with one attached hydrogen (secondary N) is 1. The Morgan fingerprint density at radius 2 is 1.94 bits per heavy atom. The molecular formula is C27H36N4. The summed E-state index contributed by atoms with van der Waals surface area (Å²) in [5.74, 6) is 0.411. The van der Waals surface area contributed by atoms with E-state index in [4.69, 9.17) is 0 Å². The maximum Gasteiger partial charge on any atom is 0.0895 e. The minimum Gasteiger partial charge on any atom is -0.286 e. The average molecular weight is 417 g/mol. The first-order valence-corrected chi connectivity index (χ1v) is 11.0. The van der Waals surface area contributed by atoms with Crippen LogP contribution >= 0.6 is 0 Å². The van der Waals surface area contributed by atoms with Crippen molar-refractivity contribution < 1.29 is 0 Å². The summed E-state index contributed by atoms with van der Waals surface area (Å²) < 4.78 is 0. The Bertz CT molecular complexity index is 923. The van der Waals surface area contributed by atoms with E-state index in [1.54, 1.807) is 12.3 Å². The molecule has 0 saturated carbocycles. The summed E-state index contributed by atoms with van der Waals surface area (Å²) in [5, 5.41) is 2.13. The van der Waals surface area contributed by atoms with Crippen LogP contribution in [0.3, 0.4) is 0 Å². The number of rotatable bonds is 11. The van der Waals surface area contributed by atoms with Crippen molar-refractivity contribution in [3.63, 3.8) is 0 Å².